The first-order valence-electron chi connectivity index (χ1n) is 9.08. The van der Waals surface area contributed by atoms with E-state index in [0.717, 1.165) is 31.9 Å². The molecule has 0 radical (unpaired) electrons. The molecule has 6 nitrogen and oxygen atoms in total. The molecule has 0 saturated carbocycles. The molecule has 28 heavy (non-hydrogen) atoms. The standard InChI is InChI=1S/C21H20ClN3O3/c1-24-8-10-25(11-9-24)17-7-6-14(22)12-16(17)23-21(27)20-13-18(26)15-4-2-3-5-19(15)28-20/h2-7,12-13H,8-11H2,1H3,(H,23,27). The molecule has 1 aliphatic rings. The molecule has 0 bridgehead atoms. The van der Waals surface area contributed by atoms with Gasteiger partial charge in [-0.1, -0.05) is 23.7 Å². The van der Waals surface area contributed by atoms with Crippen LogP contribution in [0.1, 0.15) is 10.6 Å². The van der Waals surface area contributed by atoms with E-state index in [1.165, 1.54) is 6.07 Å². The van der Waals surface area contributed by atoms with Crippen LogP contribution in [0.15, 0.2) is 57.7 Å². The average molecular weight is 398 g/mol. The van der Waals surface area contributed by atoms with E-state index in [4.69, 9.17) is 16.0 Å². The summed E-state index contributed by atoms with van der Waals surface area (Å²) in [6.07, 6.45) is 0. The van der Waals surface area contributed by atoms with Gasteiger partial charge in [-0.3, -0.25) is 9.59 Å². The Morgan fingerprint density at radius 1 is 1.07 bits per heavy atom. The predicted molar refractivity (Wildman–Crippen MR) is 112 cm³/mol. The van der Waals surface area contributed by atoms with Gasteiger partial charge >= 0.3 is 0 Å². The fourth-order valence-corrected chi connectivity index (χ4v) is 3.50. The number of anilines is 2. The minimum atomic E-state index is -0.486. The quantitative estimate of drug-likeness (QED) is 0.733. The molecule has 2 aromatic carbocycles. The Balaban J connectivity index is 1.64. The largest absolute Gasteiger partial charge is 0.451 e. The van der Waals surface area contributed by atoms with Crippen LogP contribution in [0.5, 0.6) is 0 Å². The zero-order valence-electron chi connectivity index (χ0n) is 15.4. The Kier molecular flexibility index (Phi) is 5.07. The second-order valence-electron chi connectivity index (χ2n) is 6.88. The fraction of sp³-hybridized carbons (Fsp3) is 0.238. The van der Waals surface area contributed by atoms with Gasteiger partial charge in [-0.25, -0.2) is 0 Å². The average Bonchev–Trinajstić information content (AvgIpc) is 2.69. The number of amides is 1. The molecule has 3 aromatic rings. The van der Waals surface area contributed by atoms with Gasteiger partial charge in [0.05, 0.1) is 16.8 Å². The summed E-state index contributed by atoms with van der Waals surface area (Å²) in [5.74, 6) is -0.520. The maximum absolute atomic E-state index is 12.8. The van der Waals surface area contributed by atoms with Gasteiger partial charge in [0, 0.05) is 37.3 Å². The van der Waals surface area contributed by atoms with Crippen molar-refractivity contribution in [2.24, 2.45) is 0 Å². The Morgan fingerprint density at radius 3 is 2.61 bits per heavy atom. The molecule has 0 spiro atoms. The number of hydrogen-bond donors (Lipinski definition) is 1. The van der Waals surface area contributed by atoms with Crippen molar-refractivity contribution in [2.75, 3.05) is 43.4 Å². The maximum Gasteiger partial charge on any atom is 0.291 e. The number of likely N-dealkylation sites (N-methyl/N-ethyl adjacent to an activating group) is 1. The first-order chi connectivity index (χ1) is 13.5. The van der Waals surface area contributed by atoms with Crippen LogP contribution in [0.4, 0.5) is 11.4 Å². The summed E-state index contributed by atoms with van der Waals surface area (Å²) in [6.45, 7) is 3.59. The minimum Gasteiger partial charge on any atom is -0.451 e. The normalized spacial score (nSPS) is 15.0. The van der Waals surface area contributed by atoms with Gasteiger partial charge in [0.25, 0.3) is 5.91 Å². The monoisotopic (exact) mass is 397 g/mol. The van der Waals surface area contributed by atoms with Crippen molar-refractivity contribution in [1.82, 2.24) is 4.90 Å². The minimum absolute atomic E-state index is 0.0343. The molecule has 1 aliphatic heterocycles. The van der Waals surface area contributed by atoms with Crippen LogP contribution < -0.4 is 15.6 Å². The third-order valence-corrected chi connectivity index (χ3v) is 5.14. The van der Waals surface area contributed by atoms with Gasteiger partial charge in [0.15, 0.2) is 11.2 Å². The van der Waals surface area contributed by atoms with Crippen LogP contribution in [0.25, 0.3) is 11.0 Å². The third kappa shape index (κ3) is 3.74. The number of hydrogen-bond acceptors (Lipinski definition) is 5. The molecule has 1 saturated heterocycles. The van der Waals surface area contributed by atoms with Crippen LogP contribution in [-0.4, -0.2) is 44.0 Å². The summed E-state index contributed by atoms with van der Waals surface area (Å²) in [4.78, 5) is 29.5. The summed E-state index contributed by atoms with van der Waals surface area (Å²) in [5.41, 5.74) is 1.62. The highest BCUT2D eigenvalue weighted by Gasteiger charge is 2.20. The summed E-state index contributed by atoms with van der Waals surface area (Å²) in [7, 11) is 2.09. The smallest absolute Gasteiger partial charge is 0.291 e. The molecule has 144 valence electrons. The first-order valence-corrected chi connectivity index (χ1v) is 9.46. The van der Waals surface area contributed by atoms with E-state index in [9.17, 15) is 9.59 Å². The van der Waals surface area contributed by atoms with Gasteiger partial charge in [0.1, 0.15) is 5.58 Å². The lowest BCUT2D eigenvalue weighted by Gasteiger charge is -2.35. The number of para-hydroxylation sites is 1. The maximum atomic E-state index is 12.8. The van der Waals surface area contributed by atoms with Crippen molar-refractivity contribution < 1.29 is 9.21 Å². The lowest BCUT2D eigenvalue weighted by molar-refractivity contribution is 0.0997. The van der Waals surface area contributed by atoms with Gasteiger partial charge in [-0.15, -0.1) is 0 Å². The van der Waals surface area contributed by atoms with Crippen LogP contribution in [0.3, 0.4) is 0 Å². The summed E-state index contributed by atoms with van der Waals surface area (Å²) in [6, 6.07) is 13.5. The van der Waals surface area contributed by atoms with Gasteiger partial charge in [0.2, 0.25) is 0 Å². The van der Waals surface area contributed by atoms with E-state index in [1.807, 2.05) is 6.07 Å². The second kappa shape index (κ2) is 7.66. The summed E-state index contributed by atoms with van der Waals surface area (Å²) in [5, 5.41) is 3.82. The molecule has 0 aliphatic carbocycles. The lowest BCUT2D eigenvalue weighted by atomic mass is 10.2. The molecule has 1 fully saturated rings. The highest BCUT2D eigenvalue weighted by atomic mass is 35.5. The molecule has 2 heterocycles. The van der Waals surface area contributed by atoms with Crippen molar-refractivity contribution in [2.45, 2.75) is 0 Å². The Hall–Kier alpha value is -2.83. The molecule has 1 N–H and O–H groups in total. The fourth-order valence-electron chi connectivity index (χ4n) is 3.33. The van der Waals surface area contributed by atoms with E-state index in [2.05, 4.69) is 22.2 Å². The SMILES string of the molecule is CN1CCN(c2ccc(Cl)cc2NC(=O)c2cc(=O)c3ccccc3o2)CC1. The van der Waals surface area contributed by atoms with E-state index >= 15 is 0 Å². The molecular weight excluding hydrogens is 378 g/mol. The first kappa shape index (κ1) is 18.5. The van der Waals surface area contributed by atoms with Crippen LogP contribution >= 0.6 is 11.6 Å². The molecule has 1 amide bonds. The Bertz CT molecular complexity index is 1090. The Labute approximate surface area is 167 Å². The summed E-state index contributed by atoms with van der Waals surface area (Å²) < 4.78 is 5.64. The topological polar surface area (TPSA) is 65.8 Å². The zero-order chi connectivity index (χ0) is 19.7. The molecule has 7 heteroatoms. The second-order valence-corrected chi connectivity index (χ2v) is 7.31. The zero-order valence-corrected chi connectivity index (χ0v) is 16.2. The molecule has 1 aromatic heterocycles. The highest BCUT2D eigenvalue weighted by molar-refractivity contribution is 6.31. The molecule has 0 atom stereocenters. The van der Waals surface area contributed by atoms with E-state index in [0.29, 0.717) is 21.7 Å². The number of nitrogens with one attached hydrogen (secondary N) is 1. The predicted octanol–water partition coefficient (Wildman–Crippen LogP) is 3.45. The highest BCUT2D eigenvalue weighted by Crippen LogP contribution is 2.30. The lowest BCUT2D eigenvalue weighted by Crippen LogP contribution is -2.44. The number of benzene rings is 2. The van der Waals surface area contributed by atoms with Crippen molar-refractivity contribution in [3.05, 3.63) is 69.5 Å². The number of fused-ring (bicyclic) bond motifs is 1. The van der Waals surface area contributed by atoms with Crippen LogP contribution in [0, 0.1) is 0 Å². The van der Waals surface area contributed by atoms with Crippen molar-refractivity contribution >= 4 is 39.9 Å². The van der Waals surface area contributed by atoms with Crippen LogP contribution in [0.2, 0.25) is 5.02 Å². The molecular formula is C21H20ClN3O3. The number of halogens is 1. The van der Waals surface area contributed by atoms with Crippen LogP contribution in [-0.2, 0) is 0 Å². The summed E-state index contributed by atoms with van der Waals surface area (Å²) >= 11 is 6.16. The van der Waals surface area contributed by atoms with Crippen molar-refractivity contribution in [3.63, 3.8) is 0 Å². The van der Waals surface area contributed by atoms with E-state index in [1.54, 1.807) is 36.4 Å². The number of nitrogens with zero attached hydrogens (tertiary/aromatic N) is 2. The van der Waals surface area contributed by atoms with Gasteiger partial charge in [-0.2, -0.15) is 0 Å². The van der Waals surface area contributed by atoms with E-state index < -0.39 is 5.91 Å². The number of carbonyl (C=O) groups excluding carboxylic acids is 1. The van der Waals surface area contributed by atoms with Gasteiger partial charge < -0.3 is 19.5 Å². The van der Waals surface area contributed by atoms with Crippen molar-refractivity contribution in [1.29, 1.82) is 0 Å². The molecule has 0 unspecified atom stereocenters. The van der Waals surface area contributed by atoms with E-state index in [-0.39, 0.29) is 11.2 Å². The number of rotatable bonds is 3. The molecule has 4 rings (SSSR count). The number of carbonyl (C=O) groups is 1. The third-order valence-electron chi connectivity index (χ3n) is 4.91. The van der Waals surface area contributed by atoms with Gasteiger partial charge in [-0.05, 0) is 37.4 Å². The number of piperazine rings is 1. The Morgan fingerprint density at radius 2 is 1.82 bits per heavy atom. The van der Waals surface area contributed by atoms with Crippen molar-refractivity contribution in [3.8, 4) is 0 Å².